The van der Waals surface area contributed by atoms with Crippen molar-refractivity contribution in [2.24, 2.45) is 23.7 Å². The van der Waals surface area contributed by atoms with Crippen molar-refractivity contribution in [2.45, 2.75) is 72.8 Å². The van der Waals surface area contributed by atoms with E-state index in [-0.39, 0.29) is 33.8 Å². The lowest BCUT2D eigenvalue weighted by Gasteiger charge is -2.29. The Morgan fingerprint density at radius 2 is 1.48 bits per heavy atom. The Hall–Kier alpha value is -2.45. The SMILES string of the molecule is CC[C@H](C)[C@H](CO)[C@@H](O)C(=O)N[C@H](C(=O)N[C@H](C(=O)OCc1ccccc1)C(C)C)C(C)C.[HH].[HH]. The van der Waals surface area contributed by atoms with Crippen LogP contribution in [-0.2, 0) is 25.7 Å². The van der Waals surface area contributed by atoms with E-state index in [2.05, 4.69) is 10.6 Å². The molecule has 33 heavy (non-hydrogen) atoms. The second kappa shape index (κ2) is 14.0. The third kappa shape index (κ3) is 8.78. The Kier molecular flexibility index (Phi) is 12.1. The second-order valence-corrected chi connectivity index (χ2v) is 9.23. The van der Waals surface area contributed by atoms with E-state index in [1.807, 2.05) is 44.2 Å². The van der Waals surface area contributed by atoms with Gasteiger partial charge in [-0.05, 0) is 23.3 Å². The first-order valence-corrected chi connectivity index (χ1v) is 11.6. The van der Waals surface area contributed by atoms with Gasteiger partial charge in [0.15, 0.2) is 0 Å². The van der Waals surface area contributed by atoms with Gasteiger partial charge in [0.25, 0.3) is 0 Å². The lowest BCUT2D eigenvalue weighted by Crippen LogP contribution is -2.57. The van der Waals surface area contributed by atoms with Crippen molar-refractivity contribution in [3.63, 3.8) is 0 Å². The van der Waals surface area contributed by atoms with Crippen LogP contribution in [0.3, 0.4) is 0 Å². The number of hydrogen-bond donors (Lipinski definition) is 4. The maximum atomic E-state index is 13.0. The highest BCUT2D eigenvalue weighted by atomic mass is 16.5. The molecule has 1 aromatic rings. The molecule has 0 fully saturated rings. The third-order valence-electron chi connectivity index (χ3n) is 5.95. The van der Waals surface area contributed by atoms with Gasteiger partial charge in [0.05, 0.1) is 0 Å². The smallest absolute Gasteiger partial charge is 0.329 e. The first-order chi connectivity index (χ1) is 15.5. The number of rotatable bonds is 13. The van der Waals surface area contributed by atoms with E-state index >= 15 is 0 Å². The Balaban J connectivity index is 0. The van der Waals surface area contributed by atoms with Crippen LogP contribution < -0.4 is 10.6 Å². The van der Waals surface area contributed by atoms with E-state index in [1.165, 1.54) is 0 Å². The van der Waals surface area contributed by atoms with E-state index in [0.29, 0.717) is 6.42 Å². The largest absolute Gasteiger partial charge is 0.459 e. The average Bonchev–Trinajstić information content (AvgIpc) is 2.79. The quantitative estimate of drug-likeness (QED) is 0.330. The molecule has 0 aromatic heterocycles. The van der Waals surface area contributed by atoms with E-state index in [9.17, 15) is 24.6 Å². The number of benzene rings is 1. The zero-order valence-corrected chi connectivity index (χ0v) is 20.6. The highest BCUT2D eigenvalue weighted by molar-refractivity contribution is 5.92. The van der Waals surface area contributed by atoms with Crippen LogP contribution in [0.4, 0.5) is 0 Å². The van der Waals surface area contributed by atoms with Gasteiger partial charge in [-0.1, -0.05) is 78.3 Å². The van der Waals surface area contributed by atoms with E-state index in [1.54, 1.807) is 27.7 Å². The number of amides is 2. The molecule has 0 radical (unpaired) electrons. The Labute approximate surface area is 200 Å². The van der Waals surface area contributed by atoms with Gasteiger partial charge in [0, 0.05) is 15.4 Å². The van der Waals surface area contributed by atoms with Crippen LogP contribution in [-0.4, -0.2) is 52.8 Å². The van der Waals surface area contributed by atoms with Gasteiger partial charge >= 0.3 is 5.97 Å². The minimum Gasteiger partial charge on any atom is -0.459 e. The molecule has 0 unspecified atom stereocenters. The van der Waals surface area contributed by atoms with Crippen LogP contribution in [0.5, 0.6) is 0 Å². The van der Waals surface area contributed by atoms with Gasteiger partial charge in [-0.15, -0.1) is 0 Å². The highest BCUT2D eigenvalue weighted by Gasteiger charge is 2.35. The number of esters is 1. The number of carbonyl (C=O) groups excluding carboxylic acids is 3. The van der Waals surface area contributed by atoms with Gasteiger partial charge in [-0.3, -0.25) is 9.59 Å². The molecule has 0 heterocycles. The normalized spacial score (nSPS) is 15.9. The standard InChI is InChI=1S/C25H40N2O6.2H2/c1-7-17(6)19(13-28)22(29)24(31)26-20(15(2)3)23(30)27-21(16(4)5)25(32)33-14-18-11-9-8-10-12-18;;/h8-12,15-17,19-22,28-29H,7,13-14H2,1-6H3,(H,26,31)(H,27,30);2*1H/t17-,19-,20-,21-,22+;;/m0../s1. The minimum absolute atomic E-state index is 0. The van der Waals surface area contributed by atoms with Gasteiger partial charge in [-0.25, -0.2) is 4.79 Å². The molecule has 0 aliphatic carbocycles. The zero-order valence-electron chi connectivity index (χ0n) is 20.6. The molecule has 190 valence electrons. The number of nitrogens with one attached hydrogen (secondary N) is 2. The molecule has 4 N–H and O–H groups in total. The molecule has 0 bridgehead atoms. The molecule has 2 amide bonds. The topological polar surface area (TPSA) is 125 Å². The minimum atomic E-state index is -1.45. The molecule has 8 nitrogen and oxygen atoms in total. The molecular weight excluding hydrogens is 424 g/mol. The fraction of sp³-hybridized carbons (Fsp3) is 0.640. The molecular formula is C25H44N2O6. The summed E-state index contributed by atoms with van der Waals surface area (Å²) in [5, 5.41) is 25.3. The number of aliphatic hydroxyl groups is 2. The summed E-state index contributed by atoms with van der Waals surface area (Å²) >= 11 is 0. The Morgan fingerprint density at radius 1 is 0.939 bits per heavy atom. The molecule has 0 spiro atoms. The molecule has 0 saturated carbocycles. The van der Waals surface area contributed by atoms with E-state index in [0.717, 1.165) is 5.56 Å². The summed E-state index contributed by atoms with van der Waals surface area (Å²) in [6, 6.07) is 7.37. The van der Waals surface area contributed by atoms with Crippen molar-refractivity contribution in [1.29, 1.82) is 0 Å². The van der Waals surface area contributed by atoms with Crippen molar-refractivity contribution < 1.29 is 32.2 Å². The van der Waals surface area contributed by atoms with Gasteiger partial charge in [0.2, 0.25) is 11.8 Å². The summed E-state index contributed by atoms with van der Waals surface area (Å²) in [5.41, 5.74) is 0.834. The second-order valence-electron chi connectivity index (χ2n) is 9.23. The molecule has 5 atom stereocenters. The first kappa shape index (κ1) is 28.6. The predicted molar refractivity (Wildman–Crippen MR) is 130 cm³/mol. The van der Waals surface area contributed by atoms with Crippen LogP contribution in [0.25, 0.3) is 0 Å². The van der Waals surface area contributed by atoms with Gasteiger partial charge in [0.1, 0.15) is 24.8 Å². The van der Waals surface area contributed by atoms with Crippen molar-refractivity contribution in [1.82, 2.24) is 10.6 Å². The first-order valence-electron chi connectivity index (χ1n) is 11.6. The molecule has 8 heteroatoms. The Morgan fingerprint density at radius 3 is 1.97 bits per heavy atom. The predicted octanol–water partition coefficient (Wildman–Crippen LogP) is 2.52. The monoisotopic (exact) mass is 468 g/mol. The van der Waals surface area contributed by atoms with Gasteiger partial charge in [-0.2, -0.15) is 0 Å². The maximum absolute atomic E-state index is 13.0. The highest BCUT2D eigenvalue weighted by Crippen LogP contribution is 2.19. The maximum Gasteiger partial charge on any atom is 0.329 e. The van der Waals surface area contributed by atoms with Gasteiger partial charge < -0.3 is 25.6 Å². The lowest BCUT2D eigenvalue weighted by molar-refractivity contribution is -0.151. The third-order valence-corrected chi connectivity index (χ3v) is 5.95. The summed E-state index contributed by atoms with van der Waals surface area (Å²) < 4.78 is 5.39. The molecule has 1 aromatic carbocycles. The number of carbonyl (C=O) groups is 3. The summed E-state index contributed by atoms with van der Waals surface area (Å²) in [5.74, 6) is -3.08. The lowest BCUT2D eigenvalue weighted by atomic mass is 9.87. The molecule has 1 rings (SSSR count). The van der Waals surface area contributed by atoms with Crippen LogP contribution in [0.15, 0.2) is 30.3 Å². The average molecular weight is 469 g/mol. The summed E-state index contributed by atoms with van der Waals surface area (Å²) in [7, 11) is 0. The fourth-order valence-corrected chi connectivity index (χ4v) is 3.42. The van der Waals surface area contributed by atoms with Crippen molar-refractivity contribution in [3.8, 4) is 0 Å². The van der Waals surface area contributed by atoms with Crippen LogP contribution >= 0.6 is 0 Å². The molecule has 0 aliphatic rings. The molecule has 0 aliphatic heterocycles. The summed E-state index contributed by atoms with van der Waals surface area (Å²) in [6.45, 7) is 10.6. The summed E-state index contributed by atoms with van der Waals surface area (Å²) in [6.07, 6.45) is -0.763. The summed E-state index contributed by atoms with van der Waals surface area (Å²) in [4.78, 5) is 38.3. The molecule has 0 saturated heterocycles. The van der Waals surface area contributed by atoms with E-state index in [4.69, 9.17) is 4.74 Å². The van der Waals surface area contributed by atoms with Crippen LogP contribution in [0.1, 0.15) is 56.4 Å². The van der Waals surface area contributed by atoms with Crippen LogP contribution in [0, 0.1) is 23.7 Å². The van der Waals surface area contributed by atoms with Crippen molar-refractivity contribution >= 4 is 17.8 Å². The Bertz CT molecular complexity index is 764. The number of hydrogen-bond acceptors (Lipinski definition) is 6. The van der Waals surface area contributed by atoms with Crippen molar-refractivity contribution in [2.75, 3.05) is 6.61 Å². The fourth-order valence-electron chi connectivity index (χ4n) is 3.42. The van der Waals surface area contributed by atoms with E-state index < -0.39 is 41.9 Å². The van der Waals surface area contributed by atoms with Crippen LogP contribution in [0.2, 0.25) is 0 Å². The number of aliphatic hydroxyl groups excluding tert-OH is 2. The zero-order chi connectivity index (χ0) is 25.1. The van der Waals surface area contributed by atoms with Crippen molar-refractivity contribution in [3.05, 3.63) is 35.9 Å². The number of ether oxygens (including phenoxy) is 1.